The molecule has 0 aliphatic carbocycles. The summed E-state index contributed by atoms with van der Waals surface area (Å²) in [5, 5.41) is 11.8. The lowest BCUT2D eigenvalue weighted by Crippen LogP contribution is -2.32. The average Bonchev–Trinajstić information content (AvgIpc) is 3.28. The summed E-state index contributed by atoms with van der Waals surface area (Å²) in [6, 6.07) is 11.9. The quantitative estimate of drug-likeness (QED) is 0.393. The van der Waals surface area contributed by atoms with Crippen molar-refractivity contribution < 1.29 is 19.5 Å². The third kappa shape index (κ3) is 5.77. The minimum atomic E-state index is -0.344. The molecule has 1 atom stereocenters. The van der Waals surface area contributed by atoms with Crippen molar-refractivity contribution in [1.82, 2.24) is 10.8 Å². The number of rotatable bonds is 9. The fourth-order valence-electron chi connectivity index (χ4n) is 3.49. The summed E-state index contributed by atoms with van der Waals surface area (Å²) >= 11 is 3.50. The molecule has 0 unspecified atom stereocenters. The molecule has 6 nitrogen and oxygen atoms in total. The Balaban J connectivity index is 1.69. The summed E-state index contributed by atoms with van der Waals surface area (Å²) in [5.41, 5.74) is 2.86. The van der Waals surface area contributed by atoms with Gasteiger partial charge < -0.3 is 10.1 Å². The van der Waals surface area contributed by atoms with Gasteiger partial charge in [-0.25, -0.2) is 5.48 Å². The molecule has 3 rings (SSSR count). The first-order valence-corrected chi connectivity index (χ1v) is 12.0. The summed E-state index contributed by atoms with van der Waals surface area (Å²) in [6.45, 7) is 2.67. The first-order valence-electron chi connectivity index (χ1n) is 10.2. The topological polar surface area (TPSA) is 87.7 Å². The second kappa shape index (κ2) is 10.8. The standard InChI is InChI=1S/C22H28N2O4S2/c1-2-12-23-21(26)15-28-17-7-5-16(6-8-17)18-9-10-19(30-18)22(14-20(25)24-27)11-3-4-13-29-22/h5-10,27H,2-4,11-15H2,1H3,(H,23,26)(H,24,25)/t22-/m0/s1. The Hall–Kier alpha value is -2.03. The third-order valence-corrected chi connectivity index (χ3v) is 8.14. The van der Waals surface area contributed by atoms with Crippen molar-refractivity contribution in [3.05, 3.63) is 41.3 Å². The molecule has 1 fully saturated rings. The number of hydroxylamine groups is 1. The van der Waals surface area contributed by atoms with Crippen molar-refractivity contribution >= 4 is 34.9 Å². The highest BCUT2D eigenvalue weighted by molar-refractivity contribution is 8.00. The molecule has 1 saturated heterocycles. The van der Waals surface area contributed by atoms with Crippen molar-refractivity contribution in [3.8, 4) is 16.2 Å². The van der Waals surface area contributed by atoms with Gasteiger partial charge in [-0.15, -0.1) is 23.1 Å². The highest BCUT2D eigenvalue weighted by Gasteiger charge is 2.38. The number of nitrogens with one attached hydrogen (secondary N) is 2. The molecule has 2 amide bonds. The largest absolute Gasteiger partial charge is 0.484 e. The van der Waals surface area contributed by atoms with Crippen molar-refractivity contribution in [3.63, 3.8) is 0 Å². The van der Waals surface area contributed by atoms with E-state index in [-0.39, 0.29) is 29.6 Å². The fourth-order valence-corrected chi connectivity index (χ4v) is 6.39. The molecule has 0 spiro atoms. The minimum Gasteiger partial charge on any atom is -0.484 e. The number of hydrogen-bond acceptors (Lipinski definition) is 6. The Kier molecular flexibility index (Phi) is 8.18. The van der Waals surface area contributed by atoms with E-state index in [1.807, 2.05) is 43.0 Å². The lowest BCUT2D eigenvalue weighted by molar-refractivity contribution is -0.130. The molecular formula is C22H28N2O4S2. The minimum absolute atomic E-state index is 0.00909. The molecule has 0 radical (unpaired) electrons. The van der Waals surface area contributed by atoms with Crippen molar-refractivity contribution in [2.45, 2.75) is 43.8 Å². The van der Waals surface area contributed by atoms with Crippen molar-refractivity contribution in [2.24, 2.45) is 0 Å². The van der Waals surface area contributed by atoms with E-state index in [1.54, 1.807) is 16.8 Å². The van der Waals surface area contributed by atoms with Gasteiger partial charge in [-0.3, -0.25) is 14.8 Å². The van der Waals surface area contributed by atoms with E-state index in [0.717, 1.165) is 41.9 Å². The molecule has 1 aliphatic rings. The second-order valence-corrected chi connectivity index (χ2v) is 9.90. The van der Waals surface area contributed by atoms with Gasteiger partial charge in [0.1, 0.15) is 5.75 Å². The van der Waals surface area contributed by atoms with Crippen LogP contribution in [-0.4, -0.2) is 35.9 Å². The van der Waals surface area contributed by atoms with Crippen LogP contribution in [0.5, 0.6) is 5.75 Å². The highest BCUT2D eigenvalue weighted by atomic mass is 32.2. The van der Waals surface area contributed by atoms with Crippen LogP contribution in [0.3, 0.4) is 0 Å². The number of hydrogen-bond donors (Lipinski definition) is 3. The summed E-state index contributed by atoms with van der Waals surface area (Å²) in [7, 11) is 0. The summed E-state index contributed by atoms with van der Waals surface area (Å²) in [4.78, 5) is 25.9. The van der Waals surface area contributed by atoms with E-state index in [9.17, 15) is 9.59 Å². The van der Waals surface area contributed by atoms with Crippen LogP contribution in [0.2, 0.25) is 0 Å². The van der Waals surface area contributed by atoms with Crippen LogP contribution < -0.4 is 15.5 Å². The number of carbonyl (C=O) groups excluding carboxylic acids is 2. The maximum atomic E-state index is 11.9. The summed E-state index contributed by atoms with van der Waals surface area (Å²) in [5.74, 6) is 1.21. The molecule has 0 bridgehead atoms. The Morgan fingerprint density at radius 3 is 2.60 bits per heavy atom. The van der Waals surface area contributed by atoms with Crippen LogP contribution in [0.4, 0.5) is 0 Å². The van der Waals surface area contributed by atoms with Gasteiger partial charge >= 0.3 is 0 Å². The zero-order valence-corrected chi connectivity index (χ0v) is 18.7. The zero-order chi connectivity index (χ0) is 21.4. The number of thioether (sulfide) groups is 1. The van der Waals surface area contributed by atoms with E-state index in [1.165, 1.54) is 4.88 Å². The number of amides is 2. The van der Waals surface area contributed by atoms with Gasteiger partial charge in [0.15, 0.2) is 6.61 Å². The normalized spacial score (nSPS) is 18.6. The van der Waals surface area contributed by atoms with Crippen LogP contribution in [0.1, 0.15) is 43.9 Å². The smallest absolute Gasteiger partial charge is 0.257 e. The lowest BCUT2D eigenvalue weighted by atomic mass is 9.94. The molecule has 162 valence electrons. The SMILES string of the molecule is CCCNC(=O)COc1ccc(-c2ccc([C@@]3(CC(=O)NO)CCCCS3)s2)cc1. The number of benzene rings is 1. The molecule has 8 heteroatoms. The average molecular weight is 449 g/mol. The summed E-state index contributed by atoms with van der Waals surface area (Å²) < 4.78 is 5.27. The predicted octanol–water partition coefficient (Wildman–Crippen LogP) is 4.33. The van der Waals surface area contributed by atoms with Gasteiger partial charge in [-0.1, -0.05) is 13.3 Å². The molecule has 2 aromatic rings. The van der Waals surface area contributed by atoms with E-state index >= 15 is 0 Å². The fraction of sp³-hybridized carbons (Fsp3) is 0.455. The second-order valence-electron chi connectivity index (χ2n) is 7.34. The number of carbonyl (C=O) groups is 2. The van der Waals surface area contributed by atoms with Crippen LogP contribution in [-0.2, 0) is 14.3 Å². The van der Waals surface area contributed by atoms with Gasteiger partial charge in [0.25, 0.3) is 5.91 Å². The van der Waals surface area contributed by atoms with Crippen LogP contribution in [0, 0.1) is 0 Å². The van der Waals surface area contributed by atoms with E-state index < -0.39 is 0 Å². The van der Waals surface area contributed by atoms with Crippen molar-refractivity contribution in [2.75, 3.05) is 18.9 Å². The molecule has 30 heavy (non-hydrogen) atoms. The van der Waals surface area contributed by atoms with Gasteiger partial charge in [-0.05, 0) is 67.0 Å². The molecule has 1 aromatic carbocycles. The highest BCUT2D eigenvalue weighted by Crippen LogP contribution is 2.50. The van der Waals surface area contributed by atoms with Gasteiger partial charge in [0.05, 0.1) is 4.75 Å². The molecular weight excluding hydrogens is 420 g/mol. The Morgan fingerprint density at radius 2 is 1.93 bits per heavy atom. The first kappa shape index (κ1) is 22.7. The maximum absolute atomic E-state index is 11.9. The molecule has 0 saturated carbocycles. The van der Waals surface area contributed by atoms with Gasteiger partial charge in [-0.2, -0.15) is 0 Å². The third-order valence-electron chi connectivity index (χ3n) is 5.06. The van der Waals surface area contributed by atoms with E-state index in [4.69, 9.17) is 9.94 Å². The van der Waals surface area contributed by atoms with E-state index in [2.05, 4.69) is 17.4 Å². The zero-order valence-electron chi connectivity index (χ0n) is 17.1. The maximum Gasteiger partial charge on any atom is 0.257 e. The first-order chi connectivity index (χ1) is 14.6. The van der Waals surface area contributed by atoms with Gasteiger partial charge in [0.2, 0.25) is 5.91 Å². The lowest BCUT2D eigenvalue weighted by Gasteiger charge is -2.35. The number of thiophene rings is 1. The Bertz CT molecular complexity index is 845. The molecule has 2 heterocycles. The summed E-state index contributed by atoms with van der Waals surface area (Å²) in [6.07, 6.45) is 4.34. The van der Waals surface area contributed by atoms with Crippen LogP contribution in [0.15, 0.2) is 36.4 Å². The molecule has 1 aliphatic heterocycles. The van der Waals surface area contributed by atoms with Crippen LogP contribution in [0.25, 0.3) is 10.4 Å². The van der Waals surface area contributed by atoms with E-state index in [0.29, 0.717) is 12.3 Å². The Labute approximate surface area is 185 Å². The monoisotopic (exact) mass is 448 g/mol. The Morgan fingerprint density at radius 1 is 1.13 bits per heavy atom. The van der Waals surface area contributed by atoms with Crippen molar-refractivity contribution in [1.29, 1.82) is 0 Å². The van der Waals surface area contributed by atoms with Gasteiger partial charge in [0, 0.05) is 22.7 Å². The number of ether oxygens (including phenoxy) is 1. The molecule has 1 aromatic heterocycles. The van der Waals surface area contributed by atoms with Crippen LogP contribution >= 0.6 is 23.1 Å². The molecule has 3 N–H and O–H groups in total. The predicted molar refractivity (Wildman–Crippen MR) is 121 cm³/mol.